The van der Waals surface area contributed by atoms with E-state index in [1.54, 1.807) is 6.20 Å². The summed E-state index contributed by atoms with van der Waals surface area (Å²) in [5.41, 5.74) is -0.0114. The zero-order valence-corrected chi connectivity index (χ0v) is 10.5. The molecule has 0 saturated carbocycles. The van der Waals surface area contributed by atoms with Crippen LogP contribution in [0, 0.1) is 5.82 Å². The maximum Gasteiger partial charge on any atom is 0.416 e. The number of hydrogen-bond acceptors (Lipinski definition) is 2. The van der Waals surface area contributed by atoms with Gasteiger partial charge in [-0.15, -0.1) is 0 Å². The molecule has 2 N–H and O–H groups in total. The van der Waals surface area contributed by atoms with E-state index in [2.05, 4.69) is 15.3 Å². The van der Waals surface area contributed by atoms with Gasteiger partial charge in [0.1, 0.15) is 5.82 Å². The van der Waals surface area contributed by atoms with Gasteiger partial charge in [0.05, 0.1) is 11.9 Å². The predicted octanol–water partition coefficient (Wildman–Crippen LogP) is 2.90. The highest BCUT2D eigenvalue weighted by Gasteiger charge is 2.33. The van der Waals surface area contributed by atoms with Crippen molar-refractivity contribution in [3.05, 3.63) is 53.4 Å². The molecular formula is C13H13F4N3. The molecule has 0 radical (unpaired) electrons. The molecule has 0 atom stereocenters. The van der Waals surface area contributed by atoms with Crippen molar-refractivity contribution < 1.29 is 17.6 Å². The average Bonchev–Trinajstić information content (AvgIpc) is 2.88. The van der Waals surface area contributed by atoms with Crippen molar-refractivity contribution in [2.45, 2.75) is 19.1 Å². The molecule has 1 aromatic carbocycles. The van der Waals surface area contributed by atoms with Gasteiger partial charge in [0.2, 0.25) is 0 Å². The van der Waals surface area contributed by atoms with Gasteiger partial charge in [-0.1, -0.05) is 6.07 Å². The molecule has 7 heteroatoms. The lowest BCUT2D eigenvalue weighted by Crippen LogP contribution is -2.20. The van der Waals surface area contributed by atoms with Crippen molar-refractivity contribution in [3.8, 4) is 0 Å². The summed E-state index contributed by atoms with van der Waals surface area (Å²) in [4.78, 5) is 6.74. The first-order valence-corrected chi connectivity index (χ1v) is 6.00. The van der Waals surface area contributed by atoms with Crippen molar-refractivity contribution in [1.82, 2.24) is 15.3 Å². The topological polar surface area (TPSA) is 40.7 Å². The van der Waals surface area contributed by atoms with Crippen LogP contribution >= 0.6 is 0 Å². The third-order valence-electron chi connectivity index (χ3n) is 2.82. The number of benzene rings is 1. The van der Waals surface area contributed by atoms with Crippen LogP contribution in [0.25, 0.3) is 0 Å². The average molecular weight is 287 g/mol. The maximum absolute atomic E-state index is 12.9. The normalized spacial score (nSPS) is 11.8. The molecule has 1 aromatic heterocycles. The molecule has 0 amide bonds. The standard InChI is InChI=1S/C13H13F4N3/c14-10-2-1-9(12(5-10)13(15,16)17)6-18-4-3-11-7-19-8-20-11/h1-2,5,7-8,18H,3-4,6H2,(H,19,20). The summed E-state index contributed by atoms with van der Waals surface area (Å²) in [6.07, 6.45) is -0.733. The molecule has 0 aliphatic carbocycles. The van der Waals surface area contributed by atoms with Crippen LogP contribution in [0.5, 0.6) is 0 Å². The van der Waals surface area contributed by atoms with E-state index in [-0.39, 0.29) is 12.1 Å². The molecule has 20 heavy (non-hydrogen) atoms. The van der Waals surface area contributed by atoms with Crippen LogP contribution in [0.1, 0.15) is 16.8 Å². The van der Waals surface area contributed by atoms with Gasteiger partial charge in [-0.2, -0.15) is 13.2 Å². The lowest BCUT2D eigenvalue weighted by Gasteiger charge is -2.13. The van der Waals surface area contributed by atoms with Gasteiger partial charge in [0.25, 0.3) is 0 Å². The lowest BCUT2D eigenvalue weighted by molar-refractivity contribution is -0.138. The van der Waals surface area contributed by atoms with Crippen molar-refractivity contribution >= 4 is 0 Å². The summed E-state index contributed by atoms with van der Waals surface area (Å²) in [6, 6.07) is 2.70. The molecule has 1 heterocycles. The number of nitrogens with one attached hydrogen (secondary N) is 2. The van der Waals surface area contributed by atoms with E-state index in [9.17, 15) is 17.6 Å². The van der Waals surface area contributed by atoms with E-state index >= 15 is 0 Å². The summed E-state index contributed by atoms with van der Waals surface area (Å²) in [6.45, 7) is 0.528. The summed E-state index contributed by atoms with van der Waals surface area (Å²) in [7, 11) is 0. The van der Waals surface area contributed by atoms with Gasteiger partial charge in [-0.3, -0.25) is 0 Å². The van der Waals surface area contributed by atoms with E-state index in [0.717, 1.165) is 17.8 Å². The highest BCUT2D eigenvalue weighted by molar-refractivity contribution is 5.30. The van der Waals surface area contributed by atoms with Gasteiger partial charge in [0.15, 0.2) is 0 Å². The van der Waals surface area contributed by atoms with Gasteiger partial charge in [-0.05, 0) is 17.7 Å². The summed E-state index contributed by atoms with van der Waals surface area (Å²) in [5.74, 6) is -0.890. The Bertz CT molecular complexity index is 549. The molecule has 2 aromatic rings. The molecule has 0 fully saturated rings. The third kappa shape index (κ3) is 3.80. The van der Waals surface area contributed by atoms with Crippen LogP contribution in [0.15, 0.2) is 30.7 Å². The number of nitrogens with zero attached hydrogens (tertiary/aromatic N) is 1. The summed E-state index contributed by atoms with van der Waals surface area (Å²) in [5, 5.41) is 2.90. The zero-order valence-electron chi connectivity index (χ0n) is 10.5. The lowest BCUT2D eigenvalue weighted by atomic mass is 10.1. The monoisotopic (exact) mass is 287 g/mol. The summed E-state index contributed by atoms with van der Waals surface area (Å²) >= 11 is 0. The van der Waals surface area contributed by atoms with Crippen molar-refractivity contribution in [2.75, 3.05) is 6.54 Å². The van der Waals surface area contributed by atoms with Gasteiger partial charge < -0.3 is 10.3 Å². The minimum atomic E-state index is -4.55. The molecule has 0 aliphatic rings. The fourth-order valence-electron chi connectivity index (χ4n) is 1.83. The third-order valence-corrected chi connectivity index (χ3v) is 2.82. The zero-order chi connectivity index (χ0) is 14.6. The molecule has 108 valence electrons. The maximum atomic E-state index is 12.9. The quantitative estimate of drug-likeness (QED) is 0.656. The van der Waals surface area contributed by atoms with Gasteiger partial charge >= 0.3 is 6.18 Å². The minimum Gasteiger partial charge on any atom is -0.348 e. The number of imidazole rings is 1. The van der Waals surface area contributed by atoms with E-state index < -0.39 is 17.6 Å². The second-order valence-corrected chi connectivity index (χ2v) is 4.30. The highest BCUT2D eigenvalue weighted by Crippen LogP contribution is 2.32. The molecule has 0 saturated heterocycles. The Balaban J connectivity index is 1.95. The molecule has 0 spiro atoms. The smallest absolute Gasteiger partial charge is 0.348 e. The Morgan fingerprint density at radius 1 is 1.25 bits per heavy atom. The number of alkyl halides is 3. The van der Waals surface area contributed by atoms with E-state index in [4.69, 9.17) is 0 Å². The molecule has 2 rings (SSSR count). The highest BCUT2D eigenvalue weighted by atomic mass is 19.4. The second-order valence-electron chi connectivity index (χ2n) is 4.30. The van der Waals surface area contributed by atoms with Crippen molar-refractivity contribution in [3.63, 3.8) is 0 Å². The van der Waals surface area contributed by atoms with E-state index in [0.29, 0.717) is 19.0 Å². The number of aromatic nitrogens is 2. The Morgan fingerprint density at radius 3 is 2.70 bits per heavy atom. The Morgan fingerprint density at radius 2 is 2.05 bits per heavy atom. The molecular weight excluding hydrogens is 274 g/mol. The van der Waals surface area contributed by atoms with Crippen molar-refractivity contribution in [2.24, 2.45) is 0 Å². The predicted molar refractivity (Wildman–Crippen MR) is 65.4 cm³/mol. The molecule has 0 aliphatic heterocycles. The van der Waals surface area contributed by atoms with Gasteiger partial charge in [0, 0.05) is 31.4 Å². The van der Waals surface area contributed by atoms with Crippen LogP contribution in [0.3, 0.4) is 0 Å². The van der Waals surface area contributed by atoms with Crippen LogP contribution in [0.4, 0.5) is 17.6 Å². The van der Waals surface area contributed by atoms with Crippen LogP contribution < -0.4 is 5.32 Å². The molecule has 3 nitrogen and oxygen atoms in total. The number of aromatic amines is 1. The number of hydrogen-bond donors (Lipinski definition) is 2. The van der Waals surface area contributed by atoms with Crippen LogP contribution in [-0.2, 0) is 19.1 Å². The fourth-order valence-corrected chi connectivity index (χ4v) is 1.83. The minimum absolute atomic E-state index is 0.0310. The van der Waals surface area contributed by atoms with Crippen LogP contribution in [0.2, 0.25) is 0 Å². The first-order chi connectivity index (χ1) is 9.47. The number of halogens is 4. The first-order valence-electron chi connectivity index (χ1n) is 6.00. The number of H-pyrrole nitrogens is 1. The van der Waals surface area contributed by atoms with Crippen LogP contribution in [-0.4, -0.2) is 16.5 Å². The largest absolute Gasteiger partial charge is 0.416 e. The van der Waals surface area contributed by atoms with E-state index in [1.165, 1.54) is 6.33 Å². The van der Waals surface area contributed by atoms with Crippen molar-refractivity contribution in [1.29, 1.82) is 0 Å². The fraction of sp³-hybridized carbons (Fsp3) is 0.308. The first kappa shape index (κ1) is 14.5. The summed E-state index contributed by atoms with van der Waals surface area (Å²) < 4.78 is 51.2. The number of rotatable bonds is 5. The SMILES string of the molecule is Fc1ccc(CNCCc2cnc[nH]2)c(C(F)(F)F)c1. The second kappa shape index (κ2) is 6.04. The van der Waals surface area contributed by atoms with E-state index in [1.807, 2.05) is 0 Å². The Labute approximate surface area is 113 Å². The van der Waals surface area contributed by atoms with Gasteiger partial charge in [-0.25, -0.2) is 9.37 Å². The Kier molecular flexibility index (Phi) is 4.39. The Hall–Kier alpha value is -1.89. The molecule has 0 bridgehead atoms. The molecule has 0 unspecified atom stereocenters.